The molecule has 1 aromatic heterocycles. The molecule has 1 heterocycles. The van der Waals surface area contributed by atoms with Gasteiger partial charge in [0.25, 0.3) is 0 Å². The second kappa shape index (κ2) is 3.35. The minimum Gasteiger partial charge on any atom is -0.324 e. The molecular weight excluding hydrogens is 235 g/mol. The number of rotatable bonds is 2. The average Bonchev–Trinajstić information content (AvgIpc) is 2.91. The zero-order valence-corrected chi connectivity index (χ0v) is 8.59. The Morgan fingerprint density at radius 1 is 1.62 bits per heavy atom. The normalized spacial score (nSPS) is 18.7. The first kappa shape index (κ1) is 9.09. The molecule has 1 fully saturated rings. The van der Waals surface area contributed by atoms with Crippen LogP contribution in [0.4, 0.5) is 4.39 Å². The van der Waals surface area contributed by atoms with E-state index in [1.165, 1.54) is 6.20 Å². The van der Waals surface area contributed by atoms with Crippen LogP contribution >= 0.6 is 15.9 Å². The molecule has 70 valence electrons. The van der Waals surface area contributed by atoms with Gasteiger partial charge in [-0.05, 0) is 40.8 Å². The number of hydrogen-bond acceptors (Lipinski definition) is 2. The summed E-state index contributed by atoms with van der Waals surface area (Å²) in [7, 11) is 0. The lowest BCUT2D eigenvalue weighted by Gasteiger charge is -2.10. The van der Waals surface area contributed by atoms with Gasteiger partial charge in [-0.15, -0.1) is 0 Å². The Labute approximate surface area is 84.5 Å². The van der Waals surface area contributed by atoms with Gasteiger partial charge in [-0.25, -0.2) is 4.98 Å². The van der Waals surface area contributed by atoms with E-state index in [-0.39, 0.29) is 6.04 Å². The largest absolute Gasteiger partial charge is 0.324 e. The summed E-state index contributed by atoms with van der Waals surface area (Å²) < 4.78 is 14.0. The molecule has 0 aliphatic heterocycles. The van der Waals surface area contributed by atoms with Crippen molar-refractivity contribution in [2.45, 2.75) is 18.9 Å². The lowest BCUT2D eigenvalue weighted by Crippen LogP contribution is -2.14. The zero-order chi connectivity index (χ0) is 9.42. The summed E-state index contributed by atoms with van der Waals surface area (Å²) in [6.45, 7) is 0. The molecule has 1 atom stereocenters. The highest BCUT2D eigenvalue weighted by molar-refractivity contribution is 9.10. The average molecular weight is 245 g/mol. The number of aromatic nitrogens is 1. The predicted molar refractivity (Wildman–Crippen MR) is 51.5 cm³/mol. The molecule has 13 heavy (non-hydrogen) atoms. The van der Waals surface area contributed by atoms with Crippen molar-refractivity contribution >= 4 is 15.9 Å². The monoisotopic (exact) mass is 244 g/mol. The third-order valence-corrected chi connectivity index (χ3v) is 2.76. The Hall–Kier alpha value is -0.480. The van der Waals surface area contributed by atoms with Crippen molar-refractivity contribution in [2.24, 2.45) is 11.7 Å². The fourth-order valence-corrected chi connectivity index (χ4v) is 1.73. The van der Waals surface area contributed by atoms with Crippen LogP contribution < -0.4 is 5.73 Å². The van der Waals surface area contributed by atoms with E-state index in [0.29, 0.717) is 11.5 Å². The van der Waals surface area contributed by atoms with E-state index in [4.69, 9.17) is 5.73 Å². The van der Waals surface area contributed by atoms with Crippen molar-refractivity contribution in [2.75, 3.05) is 0 Å². The van der Waals surface area contributed by atoms with E-state index < -0.39 is 5.95 Å². The molecule has 0 saturated heterocycles. The summed E-state index contributed by atoms with van der Waals surface area (Å²) in [6, 6.07) is 1.52. The van der Waals surface area contributed by atoms with Crippen LogP contribution in [0.5, 0.6) is 0 Å². The van der Waals surface area contributed by atoms with Gasteiger partial charge in [-0.1, -0.05) is 0 Å². The molecule has 1 aliphatic carbocycles. The molecule has 1 aromatic rings. The van der Waals surface area contributed by atoms with E-state index in [1.54, 1.807) is 6.07 Å². The van der Waals surface area contributed by atoms with Gasteiger partial charge in [-0.2, -0.15) is 4.39 Å². The van der Waals surface area contributed by atoms with Gasteiger partial charge in [0, 0.05) is 22.3 Å². The van der Waals surface area contributed by atoms with Crippen molar-refractivity contribution in [1.82, 2.24) is 4.98 Å². The minimum atomic E-state index is -0.442. The summed E-state index contributed by atoms with van der Waals surface area (Å²) in [6.07, 6.45) is 3.65. The van der Waals surface area contributed by atoms with Crippen LogP contribution in [0.25, 0.3) is 0 Å². The van der Waals surface area contributed by atoms with Gasteiger partial charge in [0.05, 0.1) is 0 Å². The Kier molecular flexibility index (Phi) is 2.34. The molecule has 2 nitrogen and oxygen atoms in total. The maximum Gasteiger partial charge on any atom is 0.217 e. The maximum atomic E-state index is 13.2. The van der Waals surface area contributed by atoms with Gasteiger partial charge < -0.3 is 5.73 Å². The molecular formula is C9H10BrFN2. The Morgan fingerprint density at radius 3 is 2.92 bits per heavy atom. The molecule has 1 unspecified atom stereocenters. The van der Waals surface area contributed by atoms with Gasteiger partial charge in [0.1, 0.15) is 0 Å². The van der Waals surface area contributed by atoms with Gasteiger partial charge in [-0.3, -0.25) is 0 Å². The van der Waals surface area contributed by atoms with E-state index >= 15 is 0 Å². The quantitative estimate of drug-likeness (QED) is 0.812. The molecule has 2 rings (SSSR count). The van der Waals surface area contributed by atoms with E-state index in [2.05, 4.69) is 20.9 Å². The molecule has 0 bridgehead atoms. The Morgan fingerprint density at radius 2 is 2.31 bits per heavy atom. The fourth-order valence-electron chi connectivity index (χ4n) is 1.38. The van der Waals surface area contributed by atoms with Crippen molar-refractivity contribution < 1.29 is 4.39 Å². The van der Waals surface area contributed by atoms with Crippen molar-refractivity contribution in [3.05, 3.63) is 28.2 Å². The molecule has 0 spiro atoms. The molecule has 2 N–H and O–H groups in total. The van der Waals surface area contributed by atoms with Gasteiger partial charge in [0.15, 0.2) is 0 Å². The standard InChI is InChI=1S/C9H10BrFN2/c10-6-3-7(9(11)13-4-6)8(12)5-1-2-5/h3-5,8H,1-2,12H2. The van der Waals surface area contributed by atoms with Crippen LogP contribution in [-0.2, 0) is 0 Å². The highest BCUT2D eigenvalue weighted by Gasteiger charge is 2.31. The van der Waals surface area contributed by atoms with Crippen molar-refractivity contribution in [1.29, 1.82) is 0 Å². The Bertz CT molecular complexity index is 325. The molecule has 1 aliphatic rings. The summed E-state index contributed by atoms with van der Waals surface area (Å²) >= 11 is 3.25. The summed E-state index contributed by atoms with van der Waals surface area (Å²) in [5.74, 6) is 0.00759. The van der Waals surface area contributed by atoms with E-state index in [9.17, 15) is 4.39 Å². The fraction of sp³-hybridized carbons (Fsp3) is 0.444. The van der Waals surface area contributed by atoms with Gasteiger partial charge >= 0.3 is 0 Å². The predicted octanol–water partition coefficient (Wildman–Crippen LogP) is 2.39. The lowest BCUT2D eigenvalue weighted by atomic mass is 10.1. The highest BCUT2D eigenvalue weighted by atomic mass is 79.9. The number of halogens is 2. The van der Waals surface area contributed by atoms with Crippen LogP contribution in [0.3, 0.4) is 0 Å². The molecule has 1 saturated carbocycles. The van der Waals surface area contributed by atoms with Gasteiger partial charge in [0.2, 0.25) is 5.95 Å². The third-order valence-electron chi connectivity index (χ3n) is 2.32. The van der Waals surface area contributed by atoms with Crippen LogP contribution in [0.2, 0.25) is 0 Å². The first-order valence-electron chi connectivity index (χ1n) is 4.25. The SMILES string of the molecule is NC(c1cc(Br)cnc1F)C1CC1. The highest BCUT2D eigenvalue weighted by Crippen LogP contribution is 2.40. The smallest absolute Gasteiger partial charge is 0.217 e. The van der Waals surface area contributed by atoms with Crippen LogP contribution in [-0.4, -0.2) is 4.98 Å². The number of nitrogens with zero attached hydrogens (tertiary/aromatic N) is 1. The topological polar surface area (TPSA) is 38.9 Å². The zero-order valence-electron chi connectivity index (χ0n) is 7.00. The number of pyridine rings is 1. The summed E-state index contributed by atoms with van der Waals surface area (Å²) in [5, 5.41) is 0. The molecule has 0 aromatic carbocycles. The lowest BCUT2D eigenvalue weighted by molar-refractivity contribution is 0.524. The molecule has 0 radical (unpaired) electrons. The third kappa shape index (κ3) is 1.89. The molecule has 0 amide bonds. The van der Waals surface area contributed by atoms with Crippen LogP contribution in [0.1, 0.15) is 24.4 Å². The summed E-state index contributed by atoms with van der Waals surface area (Å²) in [5.41, 5.74) is 6.39. The second-order valence-corrected chi connectivity index (χ2v) is 4.31. The number of hydrogen-bond donors (Lipinski definition) is 1. The Balaban J connectivity index is 2.31. The first-order valence-corrected chi connectivity index (χ1v) is 5.04. The van der Waals surface area contributed by atoms with E-state index in [0.717, 1.165) is 17.3 Å². The number of nitrogens with two attached hydrogens (primary N) is 1. The molecule has 4 heteroatoms. The van der Waals surface area contributed by atoms with Crippen molar-refractivity contribution in [3.63, 3.8) is 0 Å². The first-order chi connectivity index (χ1) is 6.18. The van der Waals surface area contributed by atoms with Crippen LogP contribution in [0.15, 0.2) is 16.7 Å². The summed E-state index contributed by atoms with van der Waals surface area (Å²) in [4.78, 5) is 3.62. The van der Waals surface area contributed by atoms with Crippen LogP contribution in [0, 0.1) is 11.9 Å². The minimum absolute atomic E-state index is 0.190. The second-order valence-electron chi connectivity index (χ2n) is 3.40. The maximum absolute atomic E-state index is 13.2. The van der Waals surface area contributed by atoms with Crippen molar-refractivity contribution in [3.8, 4) is 0 Å². The van der Waals surface area contributed by atoms with E-state index in [1.807, 2.05) is 0 Å².